The molecule has 12 rings (SSSR count). The van der Waals surface area contributed by atoms with Crippen LogP contribution in [0.5, 0.6) is 0 Å². The molecule has 0 nitrogen and oxygen atoms in total. The summed E-state index contributed by atoms with van der Waals surface area (Å²) in [6.45, 7) is 0. The molecule has 1 unspecified atom stereocenters. The van der Waals surface area contributed by atoms with Crippen molar-refractivity contribution in [1.29, 1.82) is 0 Å². The van der Waals surface area contributed by atoms with E-state index >= 15 is 0 Å². The van der Waals surface area contributed by atoms with Gasteiger partial charge in [-0.2, -0.15) is 0 Å². The van der Waals surface area contributed by atoms with Crippen molar-refractivity contribution in [3.63, 3.8) is 0 Å². The Balaban J connectivity index is 1.22. The Morgan fingerprint density at radius 1 is 0.275 bits per heavy atom. The smallest absolute Gasteiger partial charge is 0.0622 e. The molecule has 0 saturated heterocycles. The van der Waals surface area contributed by atoms with Gasteiger partial charge in [-0.1, -0.05) is 176 Å². The number of hydrogen-bond donors (Lipinski definition) is 0. The summed E-state index contributed by atoms with van der Waals surface area (Å²) in [7, 11) is 0. The molecule has 0 N–H and O–H groups in total. The molecule has 0 heterocycles. The van der Waals surface area contributed by atoms with Crippen molar-refractivity contribution in [3.8, 4) is 22.3 Å². The van der Waals surface area contributed by atoms with Gasteiger partial charge in [-0.25, -0.2) is 0 Å². The van der Waals surface area contributed by atoms with E-state index in [1.807, 2.05) is 0 Å². The van der Waals surface area contributed by atoms with E-state index in [4.69, 9.17) is 0 Å². The molecule has 0 fully saturated rings. The summed E-state index contributed by atoms with van der Waals surface area (Å²) in [5.41, 5.74) is 9.92. The Morgan fingerprint density at radius 3 is 1.49 bits per heavy atom. The largest absolute Gasteiger partial charge is 0.0719 e. The maximum atomic E-state index is 2.52. The highest BCUT2D eigenvalue weighted by atomic mass is 14.5. The van der Waals surface area contributed by atoms with Gasteiger partial charge >= 0.3 is 0 Å². The summed E-state index contributed by atoms with van der Waals surface area (Å²) in [6.07, 6.45) is 0. The predicted molar refractivity (Wildman–Crippen MR) is 217 cm³/mol. The normalized spacial score (nSPS) is 15.5. The van der Waals surface area contributed by atoms with Crippen molar-refractivity contribution in [3.05, 3.63) is 204 Å². The summed E-state index contributed by atoms with van der Waals surface area (Å²) in [6, 6.07) is 68.9. The minimum Gasteiger partial charge on any atom is -0.0622 e. The maximum Gasteiger partial charge on any atom is 0.0719 e. The molecule has 0 radical (unpaired) electrons. The summed E-state index contributed by atoms with van der Waals surface area (Å²) >= 11 is 0. The van der Waals surface area contributed by atoms with Crippen molar-refractivity contribution >= 4 is 64.6 Å². The summed E-state index contributed by atoms with van der Waals surface area (Å²) < 4.78 is 0. The van der Waals surface area contributed by atoms with Crippen LogP contribution in [0.2, 0.25) is 0 Å². The molecule has 1 aliphatic rings. The minimum absolute atomic E-state index is 0.519. The fourth-order valence-corrected chi connectivity index (χ4v) is 9.94. The van der Waals surface area contributed by atoms with Gasteiger partial charge in [0, 0.05) is 0 Å². The van der Waals surface area contributed by atoms with Crippen LogP contribution in [0.3, 0.4) is 0 Å². The Hall–Kier alpha value is -6.50. The van der Waals surface area contributed by atoms with Crippen LogP contribution in [0, 0.1) is 0 Å². The lowest BCUT2D eigenvalue weighted by Gasteiger charge is -2.35. The number of fused-ring (bicyclic) bond motifs is 3. The zero-order chi connectivity index (χ0) is 33.3. The van der Waals surface area contributed by atoms with E-state index in [-0.39, 0.29) is 0 Å². The second kappa shape index (κ2) is 9.81. The lowest BCUT2D eigenvalue weighted by molar-refractivity contribution is 0.777. The van der Waals surface area contributed by atoms with Crippen molar-refractivity contribution in [2.45, 2.75) is 5.41 Å². The Bertz CT molecular complexity index is 3150. The third kappa shape index (κ3) is 3.44. The van der Waals surface area contributed by atoms with Gasteiger partial charge in [-0.05, 0) is 115 Å². The molecular formula is C51H30. The zero-order valence-electron chi connectivity index (χ0n) is 27.8. The first-order valence-electron chi connectivity index (χ1n) is 17.9. The molecule has 1 aliphatic carbocycles. The Labute approximate surface area is 295 Å². The molecule has 234 valence electrons. The molecular weight excluding hydrogens is 613 g/mol. The van der Waals surface area contributed by atoms with Gasteiger partial charge in [0.05, 0.1) is 5.41 Å². The molecule has 0 saturated carbocycles. The third-order valence-electron chi connectivity index (χ3n) is 12.0. The van der Waals surface area contributed by atoms with E-state index in [1.54, 1.807) is 0 Å². The van der Waals surface area contributed by atoms with Crippen LogP contribution in [0.25, 0.3) is 86.9 Å². The van der Waals surface area contributed by atoms with Crippen LogP contribution in [0.4, 0.5) is 0 Å². The van der Waals surface area contributed by atoms with Gasteiger partial charge < -0.3 is 0 Å². The van der Waals surface area contributed by atoms with E-state index in [0.717, 1.165) is 0 Å². The van der Waals surface area contributed by atoms with Crippen LogP contribution in [-0.2, 0) is 5.41 Å². The minimum atomic E-state index is -0.519. The molecule has 51 heavy (non-hydrogen) atoms. The lowest BCUT2D eigenvalue weighted by Crippen LogP contribution is -2.29. The van der Waals surface area contributed by atoms with Gasteiger partial charge in [0.25, 0.3) is 0 Å². The van der Waals surface area contributed by atoms with E-state index in [2.05, 4.69) is 182 Å². The molecule has 11 aromatic carbocycles. The van der Waals surface area contributed by atoms with Crippen LogP contribution in [0.15, 0.2) is 182 Å². The predicted octanol–water partition coefficient (Wildman–Crippen LogP) is 13.5. The van der Waals surface area contributed by atoms with Crippen molar-refractivity contribution in [1.82, 2.24) is 0 Å². The average Bonchev–Trinajstić information content (AvgIpc) is 3.49. The quantitative estimate of drug-likeness (QED) is 0.168. The van der Waals surface area contributed by atoms with E-state index in [9.17, 15) is 0 Å². The second-order valence-corrected chi connectivity index (χ2v) is 14.4. The molecule has 0 bridgehead atoms. The number of rotatable bonds is 3. The van der Waals surface area contributed by atoms with Crippen molar-refractivity contribution in [2.75, 3.05) is 0 Å². The molecule has 0 heteroatoms. The fourth-order valence-electron chi connectivity index (χ4n) is 9.94. The Morgan fingerprint density at radius 2 is 0.784 bits per heavy atom. The summed E-state index contributed by atoms with van der Waals surface area (Å²) in [4.78, 5) is 0. The SMILES string of the molecule is c1ccc(C2(c3ccc4ccc5cccc6ccc3c4c56)c3ccccc3-c3ccc(-c4ccc5ccc6cccc7ccc4c5c67)cc32)cc1. The summed E-state index contributed by atoms with van der Waals surface area (Å²) in [5.74, 6) is 0. The second-order valence-electron chi connectivity index (χ2n) is 14.4. The average molecular weight is 643 g/mol. The maximum absolute atomic E-state index is 2.52. The first kappa shape index (κ1) is 27.3. The molecule has 0 amide bonds. The van der Waals surface area contributed by atoms with Crippen LogP contribution < -0.4 is 0 Å². The van der Waals surface area contributed by atoms with Gasteiger partial charge in [-0.15, -0.1) is 0 Å². The number of benzene rings is 11. The third-order valence-corrected chi connectivity index (χ3v) is 12.0. The molecule has 11 aromatic rings. The first-order valence-corrected chi connectivity index (χ1v) is 17.9. The standard InChI is InChI=1S/C51H30/c1-2-12-38(13-3-1)51(45-29-24-36-19-17-32-9-7-11-34-22-28-43(45)50(36)48(32)34)44-15-5-4-14-40(44)41-26-23-37(30-46(41)51)39-25-20-35-18-16-31-8-6-10-33-21-27-42(39)49(35)47(31)33/h1-30H. The van der Waals surface area contributed by atoms with Gasteiger partial charge in [0.15, 0.2) is 0 Å². The lowest BCUT2D eigenvalue weighted by atomic mass is 9.66. The Kier molecular flexibility index (Phi) is 5.26. The van der Waals surface area contributed by atoms with E-state index < -0.39 is 5.41 Å². The highest BCUT2D eigenvalue weighted by molar-refractivity contribution is 6.26. The van der Waals surface area contributed by atoms with Crippen molar-refractivity contribution < 1.29 is 0 Å². The van der Waals surface area contributed by atoms with Crippen LogP contribution in [-0.4, -0.2) is 0 Å². The molecule has 0 spiro atoms. The van der Waals surface area contributed by atoms with Gasteiger partial charge in [0.2, 0.25) is 0 Å². The molecule has 1 atom stereocenters. The van der Waals surface area contributed by atoms with Crippen molar-refractivity contribution in [2.24, 2.45) is 0 Å². The van der Waals surface area contributed by atoms with Crippen LogP contribution >= 0.6 is 0 Å². The molecule has 0 aromatic heterocycles. The topological polar surface area (TPSA) is 0 Å². The summed E-state index contributed by atoms with van der Waals surface area (Å²) in [5, 5.41) is 15.8. The fraction of sp³-hybridized carbons (Fsp3) is 0.0196. The molecule has 0 aliphatic heterocycles. The zero-order valence-corrected chi connectivity index (χ0v) is 27.8. The first-order chi connectivity index (χ1) is 25.3. The van der Waals surface area contributed by atoms with E-state index in [1.165, 1.54) is 109 Å². The van der Waals surface area contributed by atoms with Crippen LogP contribution in [0.1, 0.15) is 22.3 Å². The monoisotopic (exact) mass is 642 g/mol. The highest BCUT2D eigenvalue weighted by Crippen LogP contribution is 2.58. The van der Waals surface area contributed by atoms with Gasteiger partial charge in [0.1, 0.15) is 0 Å². The number of hydrogen-bond acceptors (Lipinski definition) is 0. The van der Waals surface area contributed by atoms with Gasteiger partial charge in [-0.3, -0.25) is 0 Å². The highest BCUT2D eigenvalue weighted by Gasteiger charge is 2.47. The van der Waals surface area contributed by atoms with E-state index in [0.29, 0.717) is 0 Å².